The highest BCUT2D eigenvalue weighted by Gasteiger charge is 2.15. The number of carbonyl (C=O) groups excluding carboxylic acids is 1. The van der Waals surface area contributed by atoms with Crippen LogP contribution in [0.3, 0.4) is 0 Å². The van der Waals surface area contributed by atoms with Gasteiger partial charge in [-0.05, 0) is 59.3 Å². The minimum atomic E-state index is -1.10. The predicted octanol–water partition coefficient (Wildman–Crippen LogP) is 4.04. The number of benzene rings is 2. The van der Waals surface area contributed by atoms with Crippen molar-refractivity contribution in [1.29, 1.82) is 0 Å². The first kappa shape index (κ1) is 23.4. The second kappa shape index (κ2) is 10.4. The number of non-ortho nitro benzene ring substituents is 1. The lowest BCUT2D eigenvalue weighted by Gasteiger charge is -2.13. The molecule has 12 heteroatoms. The van der Waals surface area contributed by atoms with Gasteiger partial charge >= 0.3 is 5.97 Å². The number of nitrogens with zero attached hydrogens (tertiary/aromatic N) is 2. The Morgan fingerprint density at radius 2 is 2.06 bits per heavy atom. The summed E-state index contributed by atoms with van der Waals surface area (Å²) in [6.07, 6.45) is 1.42. The van der Waals surface area contributed by atoms with E-state index in [9.17, 15) is 19.7 Å². The van der Waals surface area contributed by atoms with Gasteiger partial charge < -0.3 is 14.6 Å². The minimum Gasteiger partial charge on any atom is -0.490 e. The molecule has 0 aliphatic carbocycles. The number of hydrogen-bond donors (Lipinski definition) is 2. The van der Waals surface area contributed by atoms with Gasteiger partial charge in [-0.1, -0.05) is 0 Å². The number of carbonyl (C=O) groups is 2. The molecule has 0 aliphatic heterocycles. The maximum absolute atomic E-state index is 12.4. The van der Waals surface area contributed by atoms with Crippen molar-refractivity contribution in [3.63, 3.8) is 0 Å². The number of hydrazone groups is 1. The Bertz CT molecular complexity index is 1230. The van der Waals surface area contributed by atoms with Crippen LogP contribution < -0.4 is 14.9 Å². The molecular weight excluding hydrogens is 553 g/mol. The lowest BCUT2D eigenvalue weighted by molar-refractivity contribution is -0.384. The number of halogens is 1. The summed E-state index contributed by atoms with van der Waals surface area (Å²) < 4.78 is 12.2. The number of amides is 1. The molecule has 1 heterocycles. The molecule has 2 N–H and O–H groups in total. The van der Waals surface area contributed by atoms with E-state index in [4.69, 9.17) is 14.6 Å². The highest BCUT2D eigenvalue weighted by Crippen LogP contribution is 2.34. The number of nitro groups is 1. The smallest absolute Gasteiger partial charge is 0.341 e. The summed E-state index contributed by atoms with van der Waals surface area (Å²) >= 11 is 3.19. The van der Waals surface area contributed by atoms with Crippen LogP contribution in [0, 0.1) is 13.7 Å². The number of nitrogens with one attached hydrogen (secondary N) is 1. The van der Waals surface area contributed by atoms with Crippen LogP contribution in [0.4, 0.5) is 5.69 Å². The Hall–Kier alpha value is -3.26. The standard InChI is InChI=1S/C20H16IN3O7S/c1-2-30-15-6-11(5-14(21)19(15)31-10-18(25)26)9-22-23-20(27)17-8-12-7-13(24(28)29)3-4-16(12)32-17/h3-9H,2,10H2,1H3,(H,23,27)(H,25,26)/b22-9-. The van der Waals surface area contributed by atoms with Gasteiger partial charge in [0, 0.05) is 22.2 Å². The van der Waals surface area contributed by atoms with E-state index in [0.717, 1.165) is 4.70 Å². The monoisotopic (exact) mass is 569 g/mol. The van der Waals surface area contributed by atoms with Crippen molar-refractivity contribution in [3.8, 4) is 11.5 Å². The van der Waals surface area contributed by atoms with Crippen molar-refractivity contribution in [1.82, 2.24) is 5.43 Å². The average molecular weight is 569 g/mol. The first-order valence-electron chi connectivity index (χ1n) is 9.10. The Kier molecular flexibility index (Phi) is 7.58. The van der Waals surface area contributed by atoms with E-state index in [1.165, 1.54) is 29.7 Å². The van der Waals surface area contributed by atoms with Gasteiger partial charge in [0.15, 0.2) is 18.1 Å². The van der Waals surface area contributed by atoms with E-state index in [0.29, 0.717) is 37.5 Å². The van der Waals surface area contributed by atoms with Crippen molar-refractivity contribution in [2.45, 2.75) is 6.92 Å². The molecule has 32 heavy (non-hydrogen) atoms. The van der Waals surface area contributed by atoms with Crippen molar-refractivity contribution in [2.24, 2.45) is 5.10 Å². The maximum atomic E-state index is 12.4. The summed E-state index contributed by atoms with van der Waals surface area (Å²) in [5.41, 5.74) is 2.99. The second-order valence-electron chi connectivity index (χ2n) is 6.23. The molecule has 0 radical (unpaired) electrons. The molecule has 1 aromatic heterocycles. The Balaban J connectivity index is 1.74. The van der Waals surface area contributed by atoms with Gasteiger partial charge in [-0.15, -0.1) is 11.3 Å². The number of nitro benzene ring substituents is 1. The number of hydrogen-bond acceptors (Lipinski definition) is 8. The summed E-state index contributed by atoms with van der Waals surface area (Å²) in [6, 6.07) is 9.30. The molecular formula is C20H16IN3O7S. The minimum absolute atomic E-state index is 0.0456. The number of aliphatic carboxylic acids is 1. The van der Waals surface area contributed by atoms with Crippen molar-refractivity contribution < 1.29 is 29.1 Å². The fourth-order valence-electron chi connectivity index (χ4n) is 2.68. The topological polar surface area (TPSA) is 140 Å². The molecule has 10 nitrogen and oxygen atoms in total. The lowest BCUT2D eigenvalue weighted by atomic mass is 10.2. The Labute approximate surface area is 199 Å². The van der Waals surface area contributed by atoms with E-state index >= 15 is 0 Å². The molecule has 0 aliphatic rings. The van der Waals surface area contributed by atoms with Crippen LogP contribution in [0.5, 0.6) is 11.5 Å². The fourth-order valence-corrected chi connectivity index (χ4v) is 4.39. The van der Waals surface area contributed by atoms with Gasteiger partial charge in [-0.2, -0.15) is 5.10 Å². The third kappa shape index (κ3) is 5.70. The fraction of sp³-hybridized carbons (Fsp3) is 0.150. The van der Waals surface area contributed by atoms with E-state index < -0.39 is 23.4 Å². The molecule has 0 unspecified atom stereocenters. The number of carboxylic acid groups (broad SMARTS) is 1. The third-order valence-corrected chi connectivity index (χ3v) is 5.90. The summed E-state index contributed by atoms with van der Waals surface area (Å²) in [5, 5.41) is 24.3. The van der Waals surface area contributed by atoms with E-state index in [1.54, 1.807) is 31.2 Å². The number of rotatable bonds is 9. The predicted molar refractivity (Wildman–Crippen MR) is 127 cm³/mol. The highest BCUT2D eigenvalue weighted by atomic mass is 127. The van der Waals surface area contributed by atoms with Crippen LogP contribution in [0.1, 0.15) is 22.2 Å². The molecule has 166 valence electrons. The van der Waals surface area contributed by atoms with E-state index in [-0.39, 0.29) is 5.69 Å². The van der Waals surface area contributed by atoms with Crippen LogP contribution in [0.2, 0.25) is 0 Å². The molecule has 3 rings (SSSR count). The molecule has 0 bridgehead atoms. The van der Waals surface area contributed by atoms with E-state index in [2.05, 4.69) is 10.5 Å². The van der Waals surface area contributed by atoms with Gasteiger partial charge in [0.2, 0.25) is 0 Å². The van der Waals surface area contributed by atoms with Gasteiger partial charge in [0.25, 0.3) is 11.6 Å². The van der Waals surface area contributed by atoms with Crippen molar-refractivity contribution in [3.05, 3.63) is 60.5 Å². The van der Waals surface area contributed by atoms with Crippen molar-refractivity contribution >= 4 is 67.8 Å². The second-order valence-corrected chi connectivity index (χ2v) is 8.48. The average Bonchev–Trinajstić information content (AvgIpc) is 3.16. The molecule has 0 spiro atoms. The SMILES string of the molecule is CCOc1cc(/C=N\NC(=O)c2cc3cc([N+](=O)[O-])ccc3s2)cc(I)c1OCC(=O)O. The van der Waals surface area contributed by atoms with Gasteiger partial charge in [-0.25, -0.2) is 10.2 Å². The van der Waals surface area contributed by atoms with Crippen LogP contribution >= 0.6 is 33.9 Å². The van der Waals surface area contributed by atoms with Crippen LogP contribution in [0.15, 0.2) is 41.5 Å². The molecule has 3 aromatic rings. The van der Waals surface area contributed by atoms with Gasteiger partial charge in [-0.3, -0.25) is 14.9 Å². The quantitative estimate of drug-likeness (QED) is 0.172. The van der Waals surface area contributed by atoms with Crippen LogP contribution in [0.25, 0.3) is 10.1 Å². The number of ether oxygens (including phenoxy) is 2. The summed E-state index contributed by atoms with van der Waals surface area (Å²) in [5.74, 6) is -0.881. The molecule has 0 atom stereocenters. The summed E-state index contributed by atoms with van der Waals surface area (Å²) in [6.45, 7) is 1.63. The number of fused-ring (bicyclic) bond motifs is 1. The third-order valence-electron chi connectivity index (χ3n) is 3.99. The summed E-state index contributed by atoms with van der Waals surface area (Å²) in [4.78, 5) is 34.0. The first-order valence-corrected chi connectivity index (χ1v) is 11.0. The number of carboxylic acids is 1. The Morgan fingerprint density at radius 3 is 2.75 bits per heavy atom. The Morgan fingerprint density at radius 1 is 1.28 bits per heavy atom. The van der Waals surface area contributed by atoms with Crippen LogP contribution in [-0.2, 0) is 4.79 Å². The molecule has 1 amide bonds. The van der Waals surface area contributed by atoms with Gasteiger partial charge in [0.05, 0.1) is 26.2 Å². The summed E-state index contributed by atoms with van der Waals surface area (Å²) in [7, 11) is 0. The van der Waals surface area contributed by atoms with E-state index in [1.807, 2.05) is 22.6 Å². The van der Waals surface area contributed by atoms with Crippen molar-refractivity contribution in [2.75, 3.05) is 13.2 Å². The first-order chi connectivity index (χ1) is 15.3. The largest absolute Gasteiger partial charge is 0.490 e. The zero-order valence-electron chi connectivity index (χ0n) is 16.5. The number of thiophene rings is 1. The molecule has 0 saturated carbocycles. The van der Waals surface area contributed by atoms with Gasteiger partial charge in [0.1, 0.15) is 0 Å². The zero-order valence-corrected chi connectivity index (χ0v) is 19.5. The van der Waals surface area contributed by atoms with Crippen LogP contribution in [-0.4, -0.2) is 41.3 Å². The molecule has 0 saturated heterocycles. The normalized spacial score (nSPS) is 10.9. The lowest BCUT2D eigenvalue weighted by Crippen LogP contribution is -2.16. The molecule has 2 aromatic carbocycles. The zero-order chi connectivity index (χ0) is 23.3. The molecule has 0 fully saturated rings. The maximum Gasteiger partial charge on any atom is 0.341 e. The highest BCUT2D eigenvalue weighted by molar-refractivity contribution is 14.1.